The largest absolute Gasteiger partial charge is 0.497 e. The van der Waals surface area contributed by atoms with Gasteiger partial charge in [0.2, 0.25) is 0 Å². The highest BCUT2D eigenvalue weighted by Crippen LogP contribution is 2.42. The number of methoxy groups -OCH3 is 2. The zero-order valence-corrected chi connectivity index (χ0v) is 29.8. The molecule has 4 aromatic carbocycles. The summed E-state index contributed by atoms with van der Waals surface area (Å²) in [4.78, 5) is 13.4. The van der Waals surface area contributed by atoms with Gasteiger partial charge in [-0.2, -0.15) is 0 Å². The molecule has 0 radical (unpaired) electrons. The fourth-order valence-electron chi connectivity index (χ4n) is 6.69. The minimum Gasteiger partial charge on any atom is -0.497 e. The van der Waals surface area contributed by atoms with E-state index >= 15 is 0 Å². The molecule has 0 amide bonds. The van der Waals surface area contributed by atoms with Gasteiger partial charge in [-0.15, -0.1) is 0 Å². The molecule has 8 heteroatoms. The topological polar surface area (TPSA) is 83.5 Å². The van der Waals surface area contributed by atoms with Crippen molar-refractivity contribution in [3.8, 4) is 11.5 Å². The number of esters is 1. The van der Waals surface area contributed by atoms with Gasteiger partial charge in [0, 0.05) is 6.10 Å². The van der Waals surface area contributed by atoms with Crippen molar-refractivity contribution < 1.29 is 33.3 Å². The Balaban J connectivity index is 1.30. The molecule has 4 aromatic rings. The Morgan fingerprint density at radius 3 is 1.67 bits per heavy atom. The maximum absolute atomic E-state index is 13.4. The van der Waals surface area contributed by atoms with Crippen LogP contribution >= 0.6 is 0 Å². The molecule has 1 fully saturated rings. The van der Waals surface area contributed by atoms with Gasteiger partial charge in [0.1, 0.15) is 17.6 Å². The van der Waals surface area contributed by atoms with Crippen LogP contribution in [-0.2, 0) is 18.7 Å². The first kappa shape index (κ1) is 35.4. The van der Waals surface area contributed by atoms with E-state index in [-0.39, 0.29) is 11.1 Å². The fourth-order valence-corrected chi connectivity index (χ4v) is 11.4. The van der Waals surface area contributed by atoms with Crippen LogP contribution in [0.3, 0.4) is 0 Å². The smallest absolute Gasteiger partial charge is 0.338 e. The molecular formula is C40H48O7Si. The Bertz CT molecular complexity index is 1550. The third-order valence-electron chi connectivity index (χ3n) is 9.19. The van der Waals surface area contributed by atoms with Gasteiger partial charge in [0.15, 0.2) is 12.2 Å². The van der Waals surface area contributed by atoms with E-state index in [4.69, 9.17) is 23.4 Å². The second-order valence-corrected chi connectivity index (χ2v) is 17.7. The molecule has 5 atom stereocenters. The van der Waals surface area contributed by atoms with Crippen LogP contribution in [0.2, 0.25) is 5.04 Å². The van der Waals surface area contributed by atoms with Gasteiger partial charge in [-0.3, -0.25) is 0 Å². The Morgan fingerprint density at radius 2 is 1.21 bits per heavy atom. The van der Waals surface area contributed by atoms with Gasteiger partial charge in [-0.05, 0) is 77.0 Å². The predicted molar refractivity (Wildman–Crippen MR) is 190 cm³/mol. The number of rotatable bonds is 13. The number of aliphatic hydroxyl groups excluding tert-OH is 1. The minimum atomic E-state index is -2.71. The van der Waals surface area contributed by atoms with E-state index in [0.717, 1.165) is 11.1 Å². The molecule has 0 saturated carbocycles. The quantitative estimate of drug-likeness (QED) is 0.122. The normalized spacial score (nSPS) is 19.6. The third-order valence-corrected chi connectivity index (χ3v) is 14.3. The van der Waals surface area contributed by atoms with Crippen LogP contribution in [0.1, 0.15) is 70.3 Å². The molecule has 254 valence electrons. The summed E-state index contributed by atoms with van der Waals surface area (Å²) in [6, 6.07) is 36.0. The van der Waals surface area contributed by atoms with Gasteiger partial charge >= 0.3 is 5.97 Å². The molecule has 0 aromatic heterocycles. The lowest BCUT2D eigenvalue weighted by molar-refractivity contribution is -0.216. The summed E-state index contributed by atoms with van der Waals surface area (Å²) in [7, 11) is 0.506. The lowest BCUT2D eigenvalue weighted by atomic mass is 9.95. The van der Waals surface area contributed by atoms with Crippen LogP contribution in [0.25, 0.3) is 0 Å². The zero-order chi connectivity index (χ0) is 34.3. The van der Waals surface area contributed by atoms with E-state index in [1.54, 1.807) is 14.2 Å². The van der Waals surface area contributed by atoms with Crippen molar-refractivity contribution in [2.75, 3.05) is 14.2 Å². The number of hydrogen-bond donors (Lipinski definition) is 1. The van der Waals surface area contributed by atoms with Crippen LogP contribution in [0, 0.1) is 0 Å². The standard InChI is InChI=1S/C40H48O7Si/c1-28(47-48(40(2,3)4,33-15-9-7-10-16-33)34-17-11-8-12-18-34)14-13-19-35(41)38-39(42)46-37(30-22-26-32(44-6)27-23-30)36(45-38)29-20-24-31(43-5)25-21-29/h7-12,15-18,20-28,35-38,41H,13-14,19H2,1-6H3/t28-,35+,36+,37+,38+/m1/s1. The van der Waals surface area contributed by atoms with Crippen LogP contribution in [0.4, 0.5) is 0 Å². The van der Waals surface area contributed by atoms with Crippen molar-refractivity contribution in [2.45, 2.75) is 82.5 Å². The second-order valence-electron chi connectivity index (χ2n) is 13.5. The molecular weight excluding hydrogens is 621 g/mol. The summed E-state index contributed by atoms with van der Waals surface area (Å²) in [6.07, 6.45) is -1.87. The summed E-state index contributed by atoms with van der Waals surface area (Å²) in [5, 5.41) is 13.7. The zero-order valence-electron chi connectivity index (χ0n) is 28.8. The van der Waals surface area contributed by atoms with Crippen molar-refractivity contribution >= 4 is 24.7 Å². The molecule has 1 aliphatic rings. The van der Waals surface area contributed by atoms with E-state index < -0.39 is 38.7 Å². The van der Waals surface area contributed by atoms with Crippen molar-refractivity contribution in [1.29, 1.82) is 0 Å². The Morgan fingerprint density at radius 1 is 0.729 bits per heavy atom. The summed E-state index contributed by atoms with van der Waals surface area (Å²) in [6.45, 7) is 8.90. The van der Waals surface area contributed by atoms with Crippen molar-refractivity contribution in [3.05, 3.63) is 120 Å². The number of carbonyl (C=O) groups is 1. The molecule has 0 unspecified atom stereocenters. The molecule has 1 heterocycles. The van der Waals surface area contributed by atoms with Gasteiger partial charge in [0.05, 0.1) is 20.3 Å². The lowest BCUT2D eigenvalue weighted by Crippen LogP contribution is -2.67. The summed E-state index contributed by atoms with van der Waals surface area (Å²) >= 11 is 0. The number of aliphatic hydroxyl groups is 1. The average Bonchev–Trinajstić information content (AvgIpc) is 3.10. The molecule has 0 spiro atoms. The predicted octanol–water partition coefficient (Wildman–Crippen LogP) is 6.92. The highest BCUT2D eigenvalue weighted by molar-refractivity contribution is 6.99. The summed E-state index contributed by atoms with van der Waals surface area (Å²) in [5.41, 5.74) is 1.58. The van der Waals surface area contributed by atoms with Gasteiger partial charge in [-0.25, -0.2) is 4.79 Å². The highest BCUT2D eigenvalue weighted by Gasteiger charge is 2.51. The number of carbonyl (C=O) groups excluding carboxylic acids is 1. The third kappa shape index (κ3) is 7.68. The first-order chi connectivity index (χ1) is 23.1. The molecule has 48 heavy (non-hydrogen) atoms. The van der Waals surface area contributed by atoms with E-state index in [9.17, 15) is 9.90 Å². The van der Waals surface area contributed by atoms with Crippen molar-refractivity contribution in [1.82, 2.24) is 0 Å². The van der Waals surface area contributed by atoms with Crippen molar-refractivity contribution in [3.63, 3.8) is 0 Å². The first-order valence-corrected chi connectivity index (χ1v) is 18.6. The maximum atomic E-state index is 13.4. The lowest BCUT2D eigenvalue weighted by Gasteiger charge is -2.44. The Hall–Kier alpha value is -3.95. The van der Waals surface area contributed by atoms with Crippen LogP contribution < -0.4 is 19.8 Å². The minimum absolute atomic E-state index is 0.0887. The van der Waals surface area contributed by atoms with Crippen LogP contribution in [0.15, 0.2) is 109 Å². The van der Waals surface area contributed by atoms with Crippen LogP contribution in [-0.4, -0.2) is 51.9 Å². The molecule has 0 aliphatic carbocycles. The van der Waals surface area contributed by atoms with Gasteiger partial charge < -0.3 is 28.5 Å². The SMILES string of the molecule is COc1ccc([C@@H]2OC(=O)[C@H]([C@@H](O)CCC[C@@H](C)O[Si](c3ccccc3)(c3ccccc3)C(C)(C)C)O[C@H]2c2ccc(OC)cc2)cc1. The number of ether oxygens (including phenoxy) is 4. The molecule has 7 nitrogen and oxygen atoms in total. The van der Waals surface area contributed by atoms with Gasteiger partial charge in [-0.1, -0.05) is 106 Å². The van der Waals surface area contributed by atoms with Crippen LogP contribution in [0.5, 0.6) is 11.5 Å². The molecule has 0 bridgehead atoms. The number of benzene rings is 4. The van der Waals surface area contributed by atoms with Crippen molar-refractivity contribution in [2.24, 2.45) is 0 Å². The maximum Gasteiger partial charge on any atom is 0.338 e. The molecule has 1 saturated heterocycles. The molecule has 1 aliphatic heterocycles. The summed E-state index contributed by atoms with van der Waals surface area (Å²) < 4.78 is 30.3. The molecule has 5 rings (SSSR count). The van der Waals surface area contributed by atoms with E-state index in [2.05, 4.69) is 76.2 Å². The summed E-state index contributed by atoms with van der Waals surface area (Å²) in [5.74, 6) is 0.826. The highest BCUT2D eigenvalue weighted by atomic mass is 28.4. The number of hydrogen-bond acceptors (Lipinski definition) is 7. The second kappa shape index (κ2) is 15.5. The monoisotopic (exact) mass is 668 g/mol. The first-order valence-electron chi connectivity index (χ1n) is 16.7. The Kier molecular flexibility index (Phi) is 11.4. The van der Waals surface area contributed by atoms with E-state index in [0.29, 0.717) is 30.8 Å². The fraction of sp³-hybridized carbons (Fsp3) is 0.375. The van der Waals surface area contributed by atoms with E-state index in [1.807, 2.05) is 60.7 Å². The Labute approximate surface area is 285 Å². The van der Waals surface area contributed by atoms with Gasteiger partial charge in [0.25, 0.3) is 8.32 Å². The molecule has 1 N–H and O–H groups in total. The average molecular weight is 669 g/mol. The van der Waals surface area contributed by atoms with E-state index in [1.165, 1.54) is 10.4 Å². The number of cyclic esters (lactones) is 1.